The standard InChI is InChI=1S/C23H20ClFN2O2/c1-15(27(2)23(29)20-12-11-18(24)14-21(20)25)17-9-6-10-19(13-17)26-22(28)16-7-4-3-5-8-16/h3-15H,1-2H3,(H,26,28). The van der Waals surface area contributed by atoms with Crippen LogP contribution in [0.5, 0.6) is 0 Å². The summed E-state index contributed by atoms with van der Waals surface area (Å²) in [5, 5.41) is 3.08. The van der Waals surface area contributed by atoms with E-state index in [1.807, 2.05) is 19.1 Å². The molecule has 0 aliphatic carbocycles. The van der Waals surface area contributed by atoms with Crippen LogP contribution in [-0.2, 0) is 0 Å². The summed E-state index contributed by atoms with van der Waals surface area (Å²) in [5.74, 6) is -1.33. The molecule has 2 amide bonds. The number of halogens is 2. The summed E-state index contributed by atoms with van der Waals surface area (Å²) in [5.41, 5.74) is 1.93. The largest absolute Gasteiger partial charge is 0.335 e. The number of hydrogen-bond acceptors (Lipinski definition) is 2. The third-order valence-electron chi connectivity index (χ3n) is 4.73. The molecule has 3 aromatic carbocycles. The lowest BCUT2D eigenvalue weighted by molar-refractivity contribution is 0.0737. The minimum absolute atomic E-state index is 0.0442. The SMILES string of the molecule is CC(c1cccc(NC(=O)c2ccccc2)c1)N(C)C(=O)c1ccc(Cl)cc1F. The van der Waals surface area contributed by atoms with E-state index in [9.17, 15) is 14.0 Å². The van der Waals surface area contributed by atoms with Gasteiger partial charge in [-0.25, -0.2) is 4.39 Å². The molecule has 4 nitrogen and oxygen atoms in total. The summed E-state index contributed by atoms with van der Waals surface area (Å²) in [6, 6.07) is 19.8. The van der Waals surface area contributed by atoms with E-state index < -0.39 is 11.7 Å². The molecule has 0 saturated carbocycles. The number of carbonyl (C=O) groups is 2. The Morgan fingerprint density at radius 3 is 2.41 bits per heavy atom. The molecule has 0 saturated heterocycles. The van der Waals surface area contributed by atoms with E-state index in [1.165, 1.54) is 17.0 Å². The van der Waals surface area contributed by atoms with Crippen LogP contribution in [0.3, 0.4) is 0 Å². The maximum atomic E-state index is 14.1. The molecule has 0 aromatic heterocycles. The Bertz CT molecular complexity index is 1040. The number of anilines is 1. The highest BCUT2D eigenvalue weighted by Gasteiger charge is 2.22. The summed E-state index contributed by atoms with van der Waals surface area (Å²) in [4.78, 5) is 26.5. The predicted molar refractivity (Wildman–Crippen MR) is 113 cm³/mol. The van der Waals surface area contributed by atoms with E-state index in [-0.39, 0.29) is 22.5 Å². The van der Waals surface area contributed by atoms with Gasteiger partial charge in [0.2, 0.25) is 0 Å². The maximum Gasteiger partial charge on any atom is 0.257 e. The highest BCUT2D eigenvalue weighted by Crippen LogP contribution is 2.25. The number of hydrogen-bond donors (Lipinski definition) is 1. The van der Waals surface area contributed by atoms with Gasteiger partial charge in [-0.05, 0) is 55.0 Å². The van der Waals surface area contributed by atoms with Crippen molar-refractivity contribution in [2.24, 2.45) is 0 Å². The summed E-state index contributed by atoms with van der Waals surface area (Å²) in [6.07, 6.45) is 0. The van der Waals surface area contributed by atoms with Crippen molar-refractivity contribution in [1.82, 2.24) is 4.90 Å². The highest BCUT2D eigenvalue weighted by molar-refractivity contribution is 6.30. The number of nitrogens with zero attached hydrogens (tertiary/aromatic N) is 1. The summed E-state index contributed by atoms with van der Waals surface area (Å²) < 4.78 is 14.1. The first-order valence-corrected chi connectivity index (χ1v) is 9.43. The van der Waals surface area contributed by atoms with Crippen molar-refractivity contribution in [1.29, 1.82) is 0 Å². The zero-order valence-corrected chi connectivity index (χ0v) is 16.8. The van der Waals surface area contributed by atoms with E-state index >= 15 is 0 Å². The molecule has 0 fully saturated rings. The lowest BCUT2D eigenvalue weighted by Crippen LogP contribution is -2.30. The van der Waals surface area contributed by atoms with Gasteiger partial charge in [-0.15, -0.1) is 0 Å². The number of nitrogens with one attached hydrogen (secondary N) is 1. The second kappa shape index (κ2) is 8.88. The van der Waals surface area contributed by atoms with Crippen LogP contribution in [0.25, 0.3) is 0 Å². The molecule has 29 heavy (non-hydrogen) atoms. The van der Waals surface area contributed by atoms with Crippen molar-refractivity contribution >= 4 is 29.1 Å². The molecule has 0 heterocycles. The van der Waals surface area contributed by atoms with Crippen molar-refractivity contribution < 1.29 is 14.0 Å². The molecule has 0 aliphatic heterocycles. The lowest BCUT2D eigenvalue weighted by atomic mass is 10.0. The van der Waals surface area contributed by atoms with Crippen LogP contribution in [0.15, 0.2) is 72.8 Å². The monoisotopic (exact) mass is 410 g/mol. The topological polar surface area (TPSA) is 49.4 Å². The first-order valence-electron chi connectivity index (χ1n) is 9.05. The van der Waals surface area contributed by atoms with Gasteiger partial charge in [-0.3, -0.25) is 9.59 Å². The molecule has 148 valence electrons. The molecule has 1 atom stereocenters. The van der Waals surface area contributed by atoms with Gasteiger partial charge < -0.3 is 10.2 Å². The van der Waals surface area contributed by atoms with Crippen molar-refractivity contribution in [2.75, 3.05) is 12.4 Å². The smallest absolute Gasteiger partial charge is 0.257 e. The molecule has 0 spiro atoms. The van der Waals surface area contributed by atoms with Crippen LogP contribution >= 0.6 is 11.6 Å². The van der Waals surface area contributed by atoms with Crippen molar-refractivity contribution in [3.63, 3.8) is 0 Å². The molecule has 3 aromatic rings. The fourth-order valence-corrected chi connectivity index (χ4v) is 3.08. The fourth-order valence-electron chi connectivity index (χ4n) is 2.92. The average molecular weight is 411 g/mol. The van der Waals surface area contributed by atoms with Gasteiger partial charge in [-0.2, -0.15) is 0 Å². The Kier molecular flexibility index (Phi) is 6.29. The van der Waals surface area contributed by atoms with E-state index in [4.69, 9.17) is 11.6 Å². The van der Waals surface area contributed by atoms with Gasteiger partial charge in [0.05, 0.1) is 11.6 Å². The first kappa shape index (κ1) is 20.6. The van der Waals surface area contributed by atoms with E-state index in [1.54, 1.807) is 49.5 Å². The van der Waals surface area contributed by atoms with Gasteiger partial charge in [0.1, 0.15) is 5.82 Å². The lowest BCUT2D eigenvalue weighted by Gasteiger charge is -2.26. The minimum Gasteiger partial charge on any atom is -0.335 e. The van der Waals surface area contributed by atoms with Crippen molar-refractivity contribution in [3.8, 4) is 0 Å². The molecule has 3 rings (SSSR count). The molecular weight excluding hydrogens is 391 g/mol. The number of carbonyl (C=O) groups excluding carboxylic acids is 2. The number of rotatable bonds is 5. The normalized spacial score (nSPS) is 11.6. The van der Waals surface area contributed by atoms with Gasteiger partial charge in [0, 0.05) is 23.3 Å². The summed E-state index contributed by atoms with van der Waals surface area (Å²) in [7, 11) is 1.61. The Morgan fingerprint density at radius 2 is 1.72 bits per heavy atom. The van der Waals surface area contributed by atoms with E-state index in [0.717, 1.165) is 11.6 Å². The molecule has 0 radical (unpaired) electrons. The number of amides is 2. The molecule has 0 bridgehead atoms. The van der Waals surface area contributed by atoms with Crippen LogP contribution in [-0.4, -0.2) is 23.8 Å². The summed E-state index contributed by atoms with van der Waals surface area (Å²) in [6.45, 7) is 1.84. The second-order valence-electron chi connectivity index (χ2n) is 6.66. The Labute approximate surface area is 173 Å². The van der Waals surface area contributed by atoms with Crippen molar-refractivity contribution in [2.45, 2.75) is 13.0 Å². The average Bonchev–Trinajstić information content (AvgIpc) is 2.73. The summed E-state index contributed by atoms with van der Waals surface area (Å²) >= 11 is 5.76. The van der Waals surface area contributed by atoms with Crippen LogP contribution in [0.2, 0.25) is 5.02 Å². The Hall–Kier alpha value is -3.18. The van der Waals surface area contributed by atoms with E-state index in [0.29, 0.717) is 11.3 Å². The quantitative estimate of drug-likeness (QED) is 0.598. The third kappa shape index (κ3) is 4.81. The van der Waals surface area contributed by atoms with Gasteiger partial charge in [0.15, 0.2) is 0 Å². The van der Waals surface area contributed by atoms with Crippen LogP contribution < -0.4 is 5.32 Å². The molecule has 6 heteroatoms. The molecule has 1 unspecified atom stereocenters. The number of benzene rings is 3. The Morgan fingerprint density at radius 1 is 1.00 bits per heavy atom. The fraction of sp³-hybridized carbons (Fsp3) is 0.130. The van der Waals surface area contributed by atoms with Gasteiger partial charge in [-0.1, -0.05) is 41.9 Å². The van der Waals surface area contributed by atoms with Crippen LogP contribution in [0, 0.1) is 5.82 Å². The maximum absolute atomic E-state index is 14.1. The second-order valence-corrected chi connectivity index (χ2v) is 7.10. The predicted octanol–water partition coefficient (Wildman–Crippen LogP) is 5.56. The molecular formula is C23H20ClFN2O2. The minimum atomic E-state index is -0.662. The van der Waals surface area contributed by atoms with Crippen LogP contribution in [0.1, 0.15) is 39.2 Å². The van der Waals surface area contributed by atoms with Gasteiger partial charge in [0.25, 0.3) is 11.8 Å². The van der Waals surface area contributed by atoms with E-state index in [2.05, 4.69) is 5.32 Å². The molecule has 0 aliphatic rings. The van der Waals surface area contributed by atoms with Crippen molar-refractivity contribution in [3.05, 3.63) is 100 Å². The zero-order valence-electron chi connectivity index (χ0n) is 16.0. The highest BCUT2D eigenvalue weighted by atomic mass is 35.5. The molecule has 1 N–H and O–H groups in total. The first-order chi connectivity index (χ1) is 13.9. The van der Waals surface area contributed by atoms with Gasteiger partial charge >= 0.3 is 0 Å². The third-order valence-corrected chi connectivity index (χ3v) is 4.96. The Balaban J connectivity index is 1.77. The van der Waals surface area contributed by atoms with Crippen LogP contribution in [0.4, 0.5) is 10.1 Å². The zero-order chi connectivity index (χ0) is 21.0.